The highest BCUT2D eigenvalue weighted by Gasteiger charge is 2.35. The number of hydrogen-bond donors (Lipinski definition) is 3. The molecule has 1 unspecified atom stereocenters. The Kier molecular flexibility index (Phi) is 10.6. The molecule has 1 saturated heterocycles. The van der Waals surface area contributed by atoms with Crippen LogP contribution in [0.5, 0.6) is 0 Å². The number of rotatable bonds is 10. The molecule has 1 aromatic heterocycles. The monoisotopic (exact) mass is 660 g/mol. The molecule has 1 atom stereocenters. The average molecular weight is 661 g/mol. The third kappa shape index (κ3) is 9.29. The summed E-state index contributed by atoms with van der Waals surface area (Å²) < 4.78 is 111. The first-order valence-electron chi connectivity index (χ1n) is 14.0. The van der Waals surface area contributed by atoms with E-state index in [0.29, 0.717) is 29.2 Å². The fourth-order valence-electron chi connectivity index (χ4n) is 5.30. The number of nitrogens with zero attached hydrogens (tertiary/aromatic N) is 2. The number of fused-ring (bicyclic) bond motifs is 1. The molecule has 0 amide bonds. The Morgan fingerprint density at radius 1 is 1.07 bits per heavy atom. The standard InChI is InChI=1S/C30H34F6N4O4S/c1-44-18-22(41)17-39-13-10-20(11-14-39)38-26-6-3-7-28-24(26)15-21(40(28)19-29(31,32)33)5-4-12-37-27-9-8-23(45(2,42)43)16-25(27)30(34,35)36/h3,6-9,15-16,20,22,37-38,41H,10-14,17-19H2,1-2H3. The van der Waals surface area contributed by atoms with E-state index in [1.54, 1.807) is 18.2 Å². The highest BCUT2D eigenvalue weighted by atomic mass is 32.2. The Morgan fingerprint density at radius 3 is 2.40 bits per heavy atom. The lowest BCUT2D eigenvalue weighted by Gasteiger charge is -2.34. The number of aliphatic hydroxyl groups excluding tert-OH is 1. The number of nitrogens with one attached hydrogen (secondary N) is 2. The second kappa shape index (κ2) is 13.9. The molecule has 8 nitrogen and oxygen atoms in total. The Balaban J connectivity index is 1.54. The van der Waals surface area contributed by atoms with Crippen LogP contribution < -0.4 is 10.6 Å². The number of β-amino-alcohol motifs (C(OH)–C–C–N with tert-alkyl or cyclic N) is 1. The van der Waals surface area contributed by atoms with Gasteiger partial charge in [-0.2, -0.15) is 26.3 Å². The molecule has 0 bridgehead atoms. The van der Waals surface area contributed by atoms with Crippen LogP contribution in [-0.4, -0.2) is 87.5 Å². The Labute approximate surface area is 257 Å². The van der Waals surface area contributed by atoms with Crippen molar-refractivity contribution in [2.24, 2.45) is 0 Å². The number of hydrogen-bond acceptors (Lipinski definition) is 7. The van der Waals surface area contributed by atoms with E-state index < -0.39 is 51.0 Å². The number of ether oxygens (including phenoxy) is 1. The summed E-state index contributed by atoms with van der Waals surface area (Å²) in [5, 5.41) is 16.5. The van der Waals surface area contributed by atoms with Crippen molar-refractivity contribution in [2.45, 2.75) is 48.8 Å². The summed E-state index contributed by atoms with van der Waals surface area (Å²) in [7, 11) is -2.37. The molecule has 0 spiro atoms. The summed E-state index contributed by atoms with van der Waals surface area (Å²) in [6, 6.07) is 9.07. The minimum Gasteiger partial charge on any atom is -0.389 e. The first kappa shape index (κ1) is 34.4. The number of sulfone groups is 1. The number of halogens is 6. The van der Waals surface area contributed by atoms with Gasteiger partial charge in [-0.3, -0.25) is 0 Å². The van der Waals surface area contributed by atoms with Crippen LogP contribution in [-0.2, 0) is 27.3 Å². The summed E-state index contributed by atoms with van der Waals surface area (Å²) in [5.41, 5.74) is -0.653. The lowest BCUT2D eigenvalue weighted by molar-refractivity contribution is -0.140. The van der Waals surface area contributed by atoms with Crippen LogP contribution in [0.1, 0.15) is 24.1 Å². The van der Waals surface area contributed by atoms with Gasteiger partial charge in [0.25, 0.3) is 0 Å². The zero-order valence-corrected chi connectivity index (χ0v) is 25.4. The van der Waals surface area contributed by atoms with Crippen LogP contribution >= 0.6 is 0 Å². The van der Waals surface area contributed by atoms with Gasteiger partial charge in [0.05, 0.1) is 40.9 Å². The van der Waals surface area contributed by atoms with Crippen LogP contribution in [0.2, 0.25) is 0 Å². The number of aliphatic hydroxyl groups is 1. The van der Waals surface area contributed by atoms with E-state index in [9.17, 15) is 39.9 Å². The highest BCUT2D eigenvalue weighted by molar-refractivity contribution is 7.90. The number of anilines is 2. The van der Waals surface area contributed by atoms with Gasteiger partial charge in [0.2, 0.25) is 0 Å². The summed E-state index contributed by atoms with van der Waals surface area (Å²) >= 11 is 0. The quantitative estimate of drug-likeness (QED) is 0.209. The second-order valence-electron chi connectivity index (χ2n) is 10.9. The maximum absolute atomic E-state index is 13.6. The molecule has 2 heterocycles. The van der Waals surface area contributed by atoms with Gasteiger partial charge in [0.15, 0.2) is 9.84 Å². The molecule has 45 heavy (non-hydrogen) atoms. The van der Waals surface area contributed by atoms with Gasteiger partial charge < -0.3 is 29.9 Å². The third-order valence-corrected chi connectivity index (χ3v) is 8.48. The number of alkyl halides is 6. The van der Waals surface area contributed by atoms with Crippen molar-refractivity contribution in [3.63, 3.8) is 0 Å². The van der Waals surface area contributed by atoms with Gasteiger partial charge in [0, 0.05) is 55.8 Å². The van der Waals surface area contributed by atoms with E-state index in [0.717, 1.165) is 48.9 Å². The van der Waals surface area contributed by atoms with Crippen LogP contribution in [0.15, 0.2) is 47.4 Å². The summed E-state index contributed by atoms with van der Waals surface area (Å²) in [5.74, 6) is 5.26. The Hall–Kier alpha value is -3.45. The number of methoxy groups -OCH3 is 1. The van der Waals surface area contributed by atoms with Crippen LogP contribution in [0.25, 0.3) is 10.9 Å². The van der Waals surface area contributed by atoms with Gasteiger partial charge in [-0.15, -0.1) is 0 Å². The molecule has 0 radical (unpaired) electrons. The van der Waals surface area contributed by atoms with Crippen LogP contribution in [0.4, 0.5) is 37.7 Å². The molecule has 1 fully saturated rings. The van der Waals surface area contributed by atoms with Gasteiger partial charge in [-0.25, -0.2) is 8.42 Å². The predicted molar refractivity (Wildman–Crippen MR) is 159 cm³/mol. The van der Waals surface area contributed by atoms with E-state index in [-0.39, 0.29) is 24.9 Å². The molecule has 4 rings (SSSR count). The van der Waals surface area contributed by atoms with Crippen molar-refractivity contribution >= 4 is 32.1 Å². The SMILES string of the molecule is COCC(O)CN1CCC(Nc2cccc3c2cc(C#CCNc2ccc(S(C)(=O)=O)cc2C(F)(F)F)n3CC(F)(F)F)CC1. The number of benzene rings is 2. The van der Waals surface area contributed by atoms with E-state index in [4.69, 9.17) is 4.74 Å². The normalized spacial score (nSPS) is 15.9. The lowest BCUT2D eigenvalue weighted by atomic mass is 10.0. The number of piperidine rings is 1. The summed E-state index contributed by atoms with van der Waals surface area (Å²) in [4.78, 5) is 1.63. The number of likely N-dealkylation sites (tertiary alicyclic amines) is 1. The zero-order chi connectivity index (χ0) is 33.0. The smallest absolute Gasteiger partial charge is 0.389 e. The fourth-order valence-corrected chi connectivity index (χ4v) is 5.95. The molecular weight excluding hydrogens is 626 g/mol. The minimum absolute atomic E-state index is 0.0313. The van der Waals surface area contributed by atoms with Gasteiger partial charge in [-0.05, 0) is 55.2 Å². The predicted octanol–water partition coefficient (Wildman–Crippen LogP) is 4.97. The van der Waals surface area contributed by atoms with Crippen molar-refractivity contribution in [3.8, 4) is 11.8 Å². The van der Waals surface area contributed by atoms with Crippen molar-refractivity contribution in [1.29, 1.82) is 0 Å². The highest BCUT2D eigenvalue weighted by Crippen LogP contribution is 2.36. The van der Waals surface area contributed by atoms with Gasteiger partial charge in [-0.1, -0.05) is 12.0 Å². The molecule has 15 heteroatoms. The average Bonchev–Trinajstić information content (AvgIpc) is 3.28. The molecule has 2 aromatic carbocycles. The zero-order valence-electron chi connectivity index (χ0n) is 24.6. The van der Waals surface area contributed by atoms with E-state index >= 15 is 0 Å². The molecule has 246 valence electrons. The topological polar surface area (TPSA) is 95.8 Å². The Bertz CT molecular complexity index is 1650. The van der Waals surface area contributed by atoms with E-state index in [1.165, 1.54) is 13.2 Å². The first-order chi connectivity index (χ1) is 21.0. The van der Waals surface area contributed by atoms with Crippen molar-refractivity contribution in [3.05, 3.63) is 53.7 Å². The molecule has 1 aliphatic heterocycles. The van der Waals surface area contributed by atoms with Gasteiger partial charge >= 0.3 is 12.4 Å². The molecule has 3 N–H and O–H groups in total. The van der Waals surface area contributed by atoms with Crippen molar-refractivity contribution < 1.29 is 44.6 Å². The summed E-state index contributed by atoms with van der Waals surface area (Å²) in [6.07, 6.45) is -7.72. The van der Waals surface area contributed by atoms with E-state index in [1.807, 2.05) is 0 Å². The Morgan fingerprint density at radius 2 is 1.78 bits per heavy atom. The summed E-state index contributed by atoms with van der Waals surface area (Å²) in [6.45, 7) is 0.503. The minimum atomic E-state index is -4.86. The molecule has 3 aromatic rings. The van der Waals surface area contributed by atoms with Crippen molar-refractivity contribution in [1.82, 2.24) is 9.47 Å². The maximum atomic E-state index is 13.6. The molecule has 0 aliphatic carbocycles. The molecular formula is C30H34F6N4O4S. The molecule has 0 saturated carbocycles. The maximum Gasteiger partial charge on any atom is 0.418 e. The molecule has 1 aliphatic rings. The fraction of sp³-hybridized carbons (Fsp3) is 0.467. The van der Waals surface area contributed by atoms with Crippen LogP contribution in [0, 0.1) is 11.8 Å². The number of aromatic nitrogens is 1. The third-order valence-electron chi connectivity index (χ3n) is 7.37. The lowest BCUT2D eigenvalue weighted by Crippen LogP contribution is -2.43. The largest absolute Gasteiger partial charge is 0.418 e. The van der Waals surface area contributed by atoms with Gasteiger partial charge in [0.1, 0.15) is 6.54 Å². The second-order valence-corrected chi connectivity index (χ2v) is 12.9. The van der Waals surface area contributed by atoms with Crippen molar-refractivity contribution in [2.75, 3.05) is 56.8 Å². The van der Waals surface area contributed by atoms with Crippen LogP contribution in [0.3, 0.4) is 0 Å². The first-order valence-corrected chi connectivity index (χ1v) is 15.9. The van der Waals surface area contributed by atoms with E-state index in [2.05, 4.69) is 27.4 Å².